The summed E-state index contributed by atoms with van der Waals surface area (Å²) in [5.41, 5.74) is 0.658. The molecule has 3 aliphatic heterocycles. The molecule has 22 heavy (non-hydrogen) atoms. The highest BCUT2D eigenvalue weighted by Crippen LogP contribution is 2.41. The van der Waals surface area contributed by atoms with Crippen LogP contribution < -0.4 is 9.47 Å². The van der Waals surface area contributed by atoms with Gasteiger partial charge in [0, 0.05) is 24.4 Å². The number of benzene rings is 1. The molecule has 3 aliphatic rings. The summed E-state index contributed by atoms with van der Waals surface area (Å²) in [6.45, 7) is 2.74. The third-order valence-electron chi connectivity index (χ3n) is 4.98. The van der Waals surface area contributed by atoms with Gasteiger partial charge >= 0.3 is 0 Å². The highest BCUT2D eigenvalue weighted by Gasteiger charge is 2.51. The van der Waals surface area contributed by atoms with Crippen molar-refractivity contribution < 1.29 is 24.1 Å². The fourth-order valence-corrected chi connectivity index (χ4v) is 3.58. The van der Waals surface area contributed by atoms with Crippen LogP contribution in [0.2, 0.25) is 0 Å². The highest BCUT2D eigenvalue weighted by atomic mass is 16.7. The van der Waals surface area contributed by atoms with E-state index >= 15 is 0 Å². The number of aliphatic hydroxyl groups is 1. The Labute approximate surface area is 128 Å². The van der Waals surface area contributed by atoms with E-state index in [2.05, 4.69) is 0 Å². The van der Waals surface area contributed by atoms with Crippen molar-refractivity contribution in [2.75, 3.05) is 39.7 Å². The van der Waals surface area contributed by atoms with Gasteiger partial charge in [0.25, 0.3) is 0 Å². The number of ether oxygens (including phenoxy) is 3. The second-order valence-electron chi connectivity index (χ2n) is 6.37. The summed E-state index contributed by atoms with van der Waals surface area (Å²) < 4.78 is 16.1. The van der Waals surface area contributed by atoms with Crippen LogP contribution in [0, 0.1) is 11.3 Å². The number of carbonyl (C=O) groups is 1. The lowest BCUT2D eigenvalue weighted by atomic mass is 9.82. The monoisotopic (exact) mass is 305 g/mol. The van der Waals surface area contributed by atoms with Crippen LogP contribution in [0.25, 0.3) is 0 Å². The second-order valence-corrected chi connectivity index (χ2v) is 6.37. The highest BCUT2D eigenvalue weighted by molar-refractivity contribution is 5.79. The van der Waals surface area contributed by atoms with Gasteiger partial charge in [0.2, 0.25) is 12.7 Å². The maximum Gasteiger partial charge on any atom is 0.231 e. The maximum atomic E-state index is 12.5. The zero-order valence-corrected chi connectivity index (χ0v) is 12.3. The fraction of sp³-hybridized carbons (Fsp3) is 0.562. The number of nitrogens with zero attached hydrogens (tertiary/aromatic N) is 1. The van der Waals surface area contributed by atoms with Crippen molar-refractivity contribution in [3.05, 3.63) is 23.8 Å². The van der Waals surface area contributed by atoms with Crippen LogP contribution in [0.3, 0.4) is 0 Å². The van der Waals surface area contributed by atoms with Crippen molar-refractivity contribution in [3.63, 3.8) is 0 Å². The van der Waals surface area contributed by atoms with Gasteiger partial charge in [-0.1, -0.05) is 6.07 Å². The number of carbonyl (C=O) groups excluding carboxylic acids is 1. The smallest absolute Gasteiger partial charge is 0.231 e. The molecular formula is C16H19NO5. The Hall–Kier alpha value is -1.79. The van der Waals surface area contributed by atoms with Gasteiger partial charge in [-0.15, -0.1) is 0 Å². The van der Waals surface area contributed by atoms with Crippen LogP contribution in [-0.2, 0) is 16.0 Å². The molecule has 4 rings (SSSR count). The predicted molar refractivity (Wildman–Crippen MR) is 76.7 cm³/mol. The van der Waals surface area contributed by atoms with Crippen LogP contribution in [0.15, 0.2) is 18.2 Å². The predicted octanol–water partition coefficient (Wildman–Crippen LogP) is 0.425. The van der Waals surface area contributed by atoms with Crippen molar-refractivity contribution in [2.24, 2.45) is 11.3 Å². The molecule has 6 nitrogen and oxygen atoms in total. The van der Waals surface area contributed by atoms with Crippen LogP contribution in [0.4, 0.5) is 0 Å². The molecule has 3 heterocycles. The molecule has 0 saturated carbocycles. The average Bonchev–Trinajstić information content (AvgIpc) is 3.19. The van der Waals surface area contributed by atoms with E-state index in [0.717, 1.165) is 11.3 Å². The quantitative estimate of drug-likeness (QED) is 0.877. The molecule has 1 aromatic rings. The third kappa shape index (κ3) is 2.14. The van der Waals surface area contributed by atoms with E-state index in [1.54, 1.807) is 0 Å². The number of aliphatic hydroxyl groups excluding tert-OH is 1. The number of rotatable bonds is 3. The number of likely N-dealkylation sites (tertiary alicyclic amines) is 1. The molecule has 118 valence electrons. The Kier molecular flexibility index (Phi) is 3.23. The number of hydrogen-bond acceptors (Lipinski definition) is 5. The molecular weight excluding hydrogens is 286 g/mol. The van der Waals surface area contributed by atoms with Crippen molar-refractivity contribution in [1.29, 1.82) is 0 Å². The zero-order valence-electron chi connectivity index (χ0n) is 12.3. The first kappa shape index (κ1) is 13.8. The van der Waals surface area contributed by atoms with Crippen LogP contribution in [0.5, 0.6) is 11.5 Å². The molecule has 0 spiro atoms. The van der Waals surface area contributed by atoms with Crippen LogP contribution in [-0.4, -0.2) is 55.6 Å². The first-order valence-corrected chi connectivity index (χ1v) is 7.55. The summed E-state index contributed by atoms with van der Waals surface area (Å²) in [5, 5.41) is 9.67. The molecule has 1 aromatic carbocycles. The number of fused-ring (bicyclic) bond motifs is 2. The SMILES string of the molecule is O=C(Cc1ccc2c(c1)OCO2)N1C[C@H]2COC[C@@]2(CO)C1. The minimum absolute atomic E-state index is 0.0749. The van der Waals surface area contributed by atoms with E-state index in [1.165, 1.54) is 0 Å². The average molecular weight is 305 g/mol. The van der Waals surface area contributed by atoms with Gasteiger partial charge in [-0.2, -0.15) is 0 Å². The molecule has 0 radical (unpaired) electrons. The minimum atomic E-state index is -0.259. The topological polar surface area (TPSA) is 68.2 Å². The van der Waals surface area contributed by atoms with Crippen LogP contribution in [0.1, 0.15) is 5.56 Å². The van der Waals surface area contributed by atoms with Gasteiger partial charge in [-0.3, -0.25) is 4.79 Å². The van der Waals surface area contributed by atoms with E-state index in [0.29, 0.717) is 38.5 Å². The summed E-state index contributed by atoms with van der Waals surface area (Å²) in [5.74, 6) is 1.76. The Morgan fingerprint density at radius 1 is 1.36 bits per heavy atom. The summed E-state index contributed by atoms with van der Waals surface area (Å²) in [4.78, 5) is 14.4. The van der Waals surface area contributed by atoms with E-state index in [9.17, 15) is 9.90 Å². The Bertz CT molecular complexity index is 604. The third-order valence-corrected chi connectivity index (χ3v) is 4.98. The molecule has 2 saturated heterocycles. The van der Waals surface area contributed by atoms with E-state index < -0.39 is 0 Å². The first-order valence-electron chi connectivity index (χ1n) is 7.55. The van der Waals surface area contributed by atoms with Gasteiger partial charge in [0.05, 0.1) is 26.2 Å². The van der Waals surface area contributed by atoms with E-state index in [-0.39, 0.29) is 30.6 Å². The number of amides is 1. The van der Waals surface area contributed by atoms with Crippen molar-refractivity contribution in [2.45, 2.75) is 6.42 Å². The summed E-state index contributed by atoms with van der Waals surface area (Å²) >= 11 is 0. The van der Waals surface area contributed by atoms with Crippen molar-refractivity contribution in [1.82, 2.24) is 4.90 Å². The largest absolute Gasteiger partial charge is 0.454 e. The lowest BCUT2D eigenvalue weighted by Crippen LogP contribution is -2.36. The number of hydrogen-bond donors (Lipinski definition) is 1. The lowest BCUT2D eigenvalue weighted by Gasteiger charge is -2.24. The Balaban J connectivity index is 1.45. The molecule has 0 aliphatic carbocycles. The fourth-order valence-electron chi connectivity index (χ4n) is 3.58. The van der Waals surface area contributed by atoms with Gasteiger partial charge in [0.1, 0.15) is 0 Å². The molecule has 2 atom stereocenters. The summed E-state index contributed by atoms with van der Waals surface area (Å²) in [7, 11) is 0. The van der Waals surface area contributed by atoms with Crippen LogP contribution >= 0.6 is 0 Å². The molecule has 0 bridgehead atoms. The molecule has 2 fully saturated rings. The first-order chi connectivity index (χ1) is 10.7. The molecule has 0 unspecified atom stereocenters. The van der Waals surface area contributed by atoms with E-state index in [4.69, 9.17) is 14.2 Å². The molecule has 0 aromatic heterocycles. The van der Waals surface area contributed by atoms with Gasteiger partial charge in [0.15, 0.2) is 11.5 Å². The minimum Gasteiger partial charge on any atom is -0.454 e. The maximum absolute atomic E-state index is 12.5. The van der Waals surface area contributed by atoms with Crippen molar-refractivity contribution in [3.8, 4) is 11.5 Å². The lowest BCUT2D eigenvalue weighted by molar-refractivity contribution is -0.130. The second kappa shape index (κ2) is 5.14. The zero-order chi connectivity index (χ0) is 15.2. The van der Waals surface area contributed by atoms with Gasteiger partial charge in [-0.05, 0) is 17.7 Å². The van der Waals surface area contributed by atoms with Gasteiger partial charge in [-0.25, -0.2) is 0 Å². The normalized spacial score (nSPS) is 29.0. The van der Waals surface area contributed by atoms with E-state index in [1.807, 2.05) is 23.1 Å². The summed E-state index contributed by atoms with van der Waals surface area (Å²) in [6, 6.07) is 5.60. The molecule has 1 N–H and O–H groups in total. The van der Waals surface area contributed by atoms with Gasteiger partial charge < -0.3 is 24.2 Å². The standard InChI is InChI=1S/C16H19NO5/c18-8-16-7-17(5-12(16)6-20-9-16)15(19)4-11-1-2-13-14(3-11)22-10-21-13/h1-3,12,18H,4-10H2/t12-,16-/m0/s1. The van der Waals surface area contributed by atoms with Crippen molar-refractivity contribution >= 4 is 5.91 Å². The Morgan fingerprint density at radius 2 is 2.23 bits per heavy atom. The molecule has 6 heteroatoms. The summed E-state index contributed by atoms with van der Waals surface area (Å²) in [6.07, 6.45) is 0.339. The Morgan fingerprint density at radius 3 is 3.05 bits per heavy atom. The molecule has 1 amide bonds.